The van der Waals surface area contributed by atoms with E-state index in [0.717, 1.165) is 31.3 Å². The van der Waals surface area contributed by atoms with E-state index in [-0.39, 0.29) is 17.3 Å². The first-order valence-electron chi connectivity index (χ1n) is 9.29. The Hall–Kier alpha value is -2.48. The van der Waals surface area contributed by atoms with Crippen LogP contribution in [0.1, 0.15) is 24.0 Å². The molecule has 2 aromatic rings. The van der Waals surface area contributed by atoms with Gasteiger partial charge in [-0.2, -0.15) is 0 Å². The van der Waals surface area contributed by atoms with Gasteiger partial charge in [-0.05, 0) is 67.4 Å². The second kappa shape index (κ2) is 9.14. The van der Waals surface area contributed by atoms with Gasteiger partial charge >= 0.3 is 0 Å². The van der Waals surface area contributed by atoms with Gasteiger partial charge in [0.2, 0.25) is 15.9 Å². The number of nitrogens with zero attached hydrogens (tertiary/aromatic N) is 1. The fourth-order valence-electron chi connectivity index (χ4n) is 3.21. The van der Waals surface area contributed by atoms with Crippen LogP contribution >= 0.6 is 0 Å². The number of carbonyl (C=O) groups is 1. The molecule has 7 heteroatoms. The van der Waals surface area contributed by atoms with Crippen molar-refractivity contribution in [2.75, 3.05) is 18.4 Å². The van der Waals surface area contributed by atoms with Gasteiger partial charge in [-0.15, -0.1) is 0 Å². The van der Waals surface area contributed by atoms with E-state index in [1.807, 2.05) is 12.1 Å². The Morgan fingerprint density at radius 3 is 2.43 bits per heavy atom. The average Bonchev–Trinajstić information content (AvgIpc) is 3.20. The largest absolute Gasteiger partial charge is 0.323 e. The lowest BCUT2D eigenvalue weighted by atomic mass is 10.1. The van der Waals surface area contributed by atoms with Crippen LogP contribution in [-0.2, 0) is 27.9 Å². The Kier molecular flexibility index (Phi) is 6.61. The van der Waals surface area contributed by atoms with Gasteiger partial charge < -0.3 is 5.32 Å². The SMILES string of the molecule is C=CC(=O)Nc1ccc(S(=O)(=O)NCc2cccc(CN3CCCC3)c2)cc1. The molecule has 1 aliphatic heterocycles. The smallest absolute Gasteiger partial charge is 0.247 e. The van der Waals surface area contributed by atoms with Gasteiger partial charge in [0.05, 0.1) is 4.90 Å². The van der Waals surface area contributed by atoms with Crippen LogP contribution in [0.15, 0.2) is 66.1 Å². The summed E-state index contributed by atoms with van der Waals surface area (Å²) in [6.45, 7) is 6.76. The molecule has 1 fully saturated rings. The van der Waals surface area contributed by atoms with E-state index in [9.17, 15) is 13.2 Å². The Labute approximate surface area is 166 Å². The first-order chi connectivity index (χ1) is 13.5. The standard InChI is InChI=1S/C21H25N3O3S/c1-2-21(25)23-19-8-10-20(11-9-19)28(26,27)22-15-17-6-5-7-18(14-17)16-24-12-3-4-13-24/h2,5-11,14,22H,1,3-4,12-13,15-16H2,(H,23,25). The van der Waals surface area contributed by atoms with E-state index in [4.69, 9.17) is 0 Å². The summed E-state index contributed by atoms with van der Waals surface area (Å²) in [5.41, 5.74) is 2.63. The first kappa shape index (κ1) is 20.3. The number of likely N-dealkylation sites (tertiary alicyclic amines) is 1. The summed E-state index contributed by atoms with van der Waals surface area (Å²) in [7, 11) is -3.64. The Morgan fingerprint density at radius 1 is 1.07 bits per heavy atom. The van der Waals surface area contributed by atoms with E-state index in [1.165, 1.54) is 30.5 Å². The van der Waals surface area contributed by atoms with Crippen molar-refractivity contribution >= 4 is 21.6 Å². The predicted molar refractivity (Wildman–Crippen MR) is 110 cm³/mol. The zero-order chi connectivity index (χ0) is 20.0. The van der Waals surface area contributed by atoms with Crippen LogP contribution in [0.5, 0.6) is 0 Å². The molecule has 2 aromatic carbocycles. The van der Waals surface area contributed by atoms with E-state index >= 15 is 0 Å². The maximum atomic E-state index is 12.5. The van der Waals surface area contributed by atoms with Crippen LogP contribution in [0.25, 0.3) is 0 Å². The molecule has 1 heterocycles. The third-order valence-corrected chi connectivity index (χ3v) is 6.10. The molecule has 0 saturated carbocycles. The number of hydrogen-bond donors (Lipinski definition) is 2. The number of sulfonamides is 1. The summed E-state index contributed by atoms with van der Waals surface area (Å²) in [6.07, 6.45) is 3.65. The maximum Gasteiger partial charge on any atom is 0.247 e. The fourth-order valence-corrected chi connectivity index (χ4v) is 4.23. The number of nitrogens with one attached hydrogen (secondary N) is 2. The number of anilines is 1. The van der Waals surface area contributed by atoms with Crippen LogP contribution in [0.2, 0.25) is 0 Å². The van der Waals surface area contributed by atoms with Crippen molar-refractivity contribution in [3.63, 3.8) is 0 Å². The lowest BCUT2D eigenvalue weighted by Crippen LogP contribution is -2.23. The van der Waals surface area contributed by atoms with Crippen LogP contribution in [0.3, 0.4) is 0 Å². The second-order valence-corrected chi connectivity index (χ2v) is 8.61. The Bertz CT molecular complexity index is 934. The summed E-state index contributed by atoms with van der Waals surface area (Å²) < 4.78 is 27.7. The molecular weight excluding hydrogens is 374 g/mol. The Balaban J connectivity index is 1.61. The highest BCUT2D eigenvalue weighted by Crippen LogP contribution is 2.16. The Morgan fingerprint density at radius 2 is 1.75 bits per heavy atom. The highest BCUT2D eigenvalue weighted by molar-refractivity contribution is 7.89. The lowest BCUT2D eigenvalue weighted by Gasteiger charge is -2.15. The molecule has 148 valence electrons. The molecular formula is C21H25N3O3S. The molecule has 0 aromatic heterocycles. The second-order valence-electron chi connectivity index (χ2n) is 6.85. The highest BCUT2D eigenvalue weighted by Gasteiger charge is 2.15. The molecule has 1 amide bonds. The van der Waals surface area contributed by atoms with Crippen molar-refractivity contribution in [2.24, 2.45) is 0 Å². The van der Waals surface area contributed by atoms with Crippen LogP contribution in [-0.4, -0.2) is 32.3 Å². The van der Waals surface area contributed by atoms with Crippen molar-refractivity contribution in [3.05, 3.63) is 72.3 Å². The van der Waals surface area contributed by atoms with Gasteiger partial charge in [-0.3, -0.25) is 9.69 Å². The van der Waals surface area contributed by atoms with E-state index in [0.29, 0.717) is 5.69 Å². The molecule has 0 aliphatic carbocycles. The van der Waals surface area contributed by atoms with Gasteiger partial charge in [0.1, 0.15) is 0 Å². The van der Waals surface area contributed by atoms with Crippen molar-refractivity contribution in [2.45, 2.75) is 30.8 Å². The van der Waals surface area contributed by atoms with E-state index in [1.54, 1.807) is 12.1 Å². The molecule has 1 aliphatic rings. The molecule has 28 heavy (non-hydrogen) atoms. The highest BCUT2D eigenvalue weighted by atomic mass is 32.2. The molecule has 6 nitrogen and oxygen atoms in total. The van der Waals surface area contributed by atoms with Gasteiger partial charge in [0, 0.05) is 18.8 Å². The number of amides is 1. The summed E-state index contributed by atoms with van der Waals surface area (Å²) in [5.74, 6) is -0.345. The average molecular weight is 400 g/mol. The molecule has 0 unspecified atom stereocenters. The number of benzene rings is 2. The van der Waals surface area contributed by atoms with Crippen molar-refractivity contribution < 1.29 is 13.2 Å². The molecule has 1 saturated heterocycles. The van der Waals surface area contributed by atoms with Gasteiger partial charge in [-0.1, -0.05) is 30.8 Å². The molecule has 0 spiro atoms. The zero-order valence-corrected chi connectivity index (χ0v) is 16.5. The summed E-state index contributed by atoms with van der Waals surface area (Å²) >= 11 is 0. The fraction of sp³-hybridized carbons (Fsp3) is 0.286. The van der Waals surface area contributed by atoms with Crippen molar-refractivity contribution in [1.29, 1.82) is 0 Å². The number of hydrogen-bond acceptors (Lipinski definition) is 4. The summed E-state index contributed by atoms with van der Waals surface area (Å²) in [6, 6.07) is 14.0. The maximum absolute atomic E-state index is 12.5. The summed E-state index contributed by atoms with van der Waals surface area (Å²) in [4.78, 5) is 13.9. The third-order valence-electron chi connectivity index (χ3n) is 4.68. The van der Waals surface area contributed by atoms with E-state index in [2.05, 4.69) is 33.7 Å². The van der Waals surface area contributed by atoms with Crippen LogP contribution < -0.4 is 10.0 Å². The molecule has 2 N–H and O–H groups in total. The zero-order valence-electron chi connectivity index (χ0n) is 15.7. The normalized spacial score (nSPS) is 14.7. The topological polar surface area (TPSA) is 78.5 Å². The monoisotopic (exact) mass is 399 g/mol. The minimum atomic E-state index is -3.64. The molecule has 3 rings (SSSR count). The van der Waals surface area contributed by atoms with Gasteiger partial charge in [-0.25, -0.2) is 13.1 Å². The number of carbonyl (C=O) groups excluding carboxylic acids is 1. The first-order valence-corrected chi connectivity index (χ1v) is 10.8. The number of rotatable bonds is 8. The molecule has 0 radical (unpaired) electrons. The van der Waals surface area contributed by atoms with Crippen molar-refractivity contribution in [1.82, 2.24) is 9.62 Å². The minimum absolute atomic E-state index is 0.150. The predicted octanol–water partition coefficient (Wildman–Crippen LogP) is 2.89. The third kappa shape index (κ3) is 5.51. The van der Waals surface area contributed by atoms with E-state index < -0.39 is 10.0 Å². The summed E-state index contributed by atoms with van der Waals surface area (Å²) in [5, 5.41) is 2.59. The quantitative estimate of drug-likeness (QED) is 0.669. The van der Waals surface area contributed by atoms with Crippen LogP contribution in [0, 0.1) is 0 Å². The lowest BCUT2D eigenvalue weighted by molar-refractivity contribution is -0.111. The van der Waals surface area contributed by atoms with Gasteiger partial charge in [0.15, 0.2) is 0 Å². The van der Waals surface area contributed by atoms with Gasteiger partial charge in [0.25, 0.3) is 0 Å². The van der Waals surface area contributed by atoms with Crippen LogP contribution in [0.4, 0.5) is 5.69 Å². The molecule has 0 atom stereocenters. The van der Waals surface area contributed by atoms with Crippen molar-refractivity contribution in [3.8, 4) is 0 Å². The minimum Gasteiger partial charge on any atom is -0.323 e. The molecule has 0 bridgehead atoms.